The summed E-state index contributed by atoms with van der Waals surface area (Å²) in [6, 6.07) is 7.53. The van der Waals surface area contributed by atoms with E-state index in [-0.39, 0.29) is 30.0 Å². The van der Waals surface area contributed by atoms with Crippen molar-refractivity contribution >= 4 is 23.2 Å². The number of aromatic nitrogens is 1. The average molecular weight is 501 g/mol. The minimum absolute atomic E-state index is 0.0485. The molecule has 3 rings (SSSR count). The molecule has 0 unspecified atom stereocenters. The van der Waals surface area contributed by atoms with Crippen LogP contribution in [0.1, 0.15) is 25.9 Å². The Labute approximate surface area is 193 Å². The van der Waals surface area contributed by atoms with Crippen molar-refractivity contribution in [3.63, 3.8) is 0 Å². The van der Waals surface area contributed by atoms with E-state index in [1.165, 1.54) is 18.2 Å². The van der Waals surface area contributed by atoms with Gasteiger partial charge in [0.1, 0.15) is 33.8 Å². The van der Waals surface area contributed by atoms with Gasteiger partial charge in [-0.25, -0.2) is 13.8 Å². The zero-order valence-corrected chi connectivity index (χ0v) is 17.9. The lowest BCUT2D eigenvalue weighted by Gasteiger charge is -2.10. The standard InChI is InChI=1S/C21H16F5N3O4S/c22-12-2-1-11(15(23)8-12)7-16-19(20(27)31)29-18(34-16)9-28-17(30)10-32-13-3-5-14(6-4-13)33-21(24,25)26/h1-6,8H,7,9-10H2,(H2,27,31)(H,28,30). The van der Waals surface area contributed by atoms with E-state index in [4.69, 9.17) is 10.5 Å². The maximum absolute atomic E-state index is 13.9. The number of ether oxygens (including phenoxy) is 2. The number of halogens is 5. The van der Waals surface area contributed by atoms with E-state index in [1.54, 1.807) is 0 Å². The van der Waals surface area contributed by atoms with E-state index in [9.17, 15) is 31.5 Å². The summed E-state index contributed by atoms with van der Waals surface area (Å²) >= 11 is 1.02. The Hall–Kier alpha value is -3.74. The Morgan fingerprint density at radius 2 is 1.74 bits per heavy atom. The number of benzene rings is 2. The number of rotatable bonds is 9. The van der Waals surface area contributed by atoms with Crippen LogP contribution in [0.25, 0.3) is 0 Å². The zero-order valence-electron chi connectivity index (χ0n) is 17.1. The molecule has 2 aromatic carbocycles. The van der Waals surface area contributed by atoms with Gasteiger partial charge in [0.2, 0.25) is 0 Å². The van der Waals surface area contributed by atoms with Crippen LogP contribution in [-0.2, 0) is 17.8 Å². The molecular weight excluding hydrogens is 485 g/mol. The Morgan fingerprint density at radius 3 is 2.35 bits per heavy atom. The van der Waals surface area contributed by atoms with Crippen molar-refractivity contribution in [1.29, 1.82) is 0 Å². The SMILES string of the molecule is NC(=O)c1nc(CNC(=O)COc2ccc(OC(F)(F)F)cc2)sc1Cc1ccc(F)cc1F. The van der Waals surface area contributed by atoms with Crippen LogP contribution in [0, 0.1) is 11.6 Å². The van der Waals surface area contributed by atoms with Gasteiger partial charge in [-0.3, -0.25) is 9.59 Å². The predicted molar refractivity (Wildman–Crippen MR) is 110 cm³/mol. The number of carbonyl (C=O) groups excluding carboxylic acids is 2. The van der Waals surface area contributed by atoms with Crippen molar-refractivity contribution in [2.45, 2.75) is 19.3 Å². The third-order valence-electron chi connectivity index (χ3n) is 4.21. The fourth-order valence-corrected chi connectivity index (χ4v) is 3.77. The minimum Gasteiger partial charge on any atom is -0.484 e. The molecule has 3 N–H and O–H groups in total. The Kier molecular flexibility index (Phi) is 7.66. The molecule has 13 heteroatoms. The van der Waals surface area contributed by atoms with Crippen LogP contribution in [-0.4, -0.2) is 29.8 Å². The van der Waals surface area contributed by atoms with Crippen LogP contribution in [0.15, 0.2) is 42.5 Å². The summed E-state index contributed by atoms with van der Waals surface area (Å²) < 4.78 is 72.5. The molecule has 180 valence electrons. The monoisotopic (exact) mass is 501 g/mol. The van der Waals surface area contributed by atoms with Crippen molar-refractivity contribution in [2.75, 3.05) is 6.61 Å². The van der Waals surface area contributed by atoms with Gasteiger partial charge in [-0.05, 0) is 35.9 Å². The molecule has 0 aliphatic heterocycles. The number of hydrogen-bond donors (Lipinski definition) is 2. The third-order valence-corrected chi connectivity index (χ3v) is 5.26. The molecule has 0 saturated carbocycles. The summed E-state index contributed by atoms with van der Waals surface area (Å²) in [6.07, 6.45) is -4.87. The molecule has 1 aromatic heterocycles. The number of alkyl halides is 3. The molecular formula is C21H16F5N3O4S. The molecule has 0 saturated heterocycles. The molecule has 0 atom stereocenters. The second kappa shape index (κ2) is 10.5. The number of carbonyl (C=O) groups is 2. The van der Waals surface area contributed by atoms with Crippen LogP contribution >= 0.6 is 11.3 Å². The third kappa shape index (κ3) is 7.13. The number of primary amides is 1. The largest absolute Gasteiger partial charge is 0.573 e. The van der Waals surface area contributed by atoms with Crippen molar-refractivity contribution in [1.82, 2.24) is 10.3 Å². The zero-order chi connectivity index (χ0) is 24.9. The minimum atomic E-state index is -4.82. The fraction of sp³-hybridized carbons (Fsp3) is 0.190. The van der Waals surface area contributed by atoms with Crippen LogP contribution < -0.4 is 20.5 Å². The lowest BCUT2D eigenvalue weighted by atomic mass is 10.1. The van der Waals surface area contributed by atoms with Crippen LogP contribution in [0.5, 0.6) is 11.5 Å². The Morgan fingerprint density at radius 1 is 1.06 bits per heavy atom. The second-order valence-electron chi connectivity index (χ2n) is 6.74. The van der Waals surface area contributed by atoms with Gasteiger partial charge in [-0.2, -0.15) is 0 Å². The molecule has 0 aliphatic rings. The number of nitrogens with two attached hydrogens (primary N) is 1. The number of thiazole rings is 1. The highest BCUT2D eigenvalue weighted by atomic mass is 32.1. The Bertz CT molecular complexity index is 1180. The molecule has 1 heterocycles. The maximum atomic E-state index is 13.9. The normalized spacial score (nSPS) is 11.2. The summed E-state index contributed by atoms with van der Waals surface area (Å²) in [5.41, 5.74) is 5.38. The van der Waals surface area contributed by atoms with Gasteiger partial charge in [0, 0.05) is 17.4 Å². The molecule has 0 bridgehead atoms. The van der Waals surface area contributed by atoms with E-state index in [2.05, 4.69) is 15.0 Å². The first kappa shape index (κ1) is 24.9. The highest BCUT2D eigenvalue weighted by molar-refractivity contribution is 7.12. The first-order valence-electron chi connectivity index (χ1n) is 9.48. The van der Waals surface area contributed by atoms with Crippen LogP contribution in [0.2, 0.25) is 0 Å². The highest BCUT2D eigenvalue weighted by Gasteiger charge is 2.31. The van der Waals surface area contributed by atoms with E-state index in [0.29, 0.717) is 9.88 Å². The Balaban J connectivity index is 1.56. The van der Waals surface area contributed by atoms with Crippen LogP contribution in [0.3, 0.4) is 0 Å². The van der Waals surface area contributed by atoms with Crippen molar-refractivity contribution in [3.8, 4) is 11.5 Å². The first-order valence-corrected chi connectivity index (χ1v) is 10.3. The molecule has 0 aliphatic carbocycles. The number of nitrogens with one attached hydrogen (secondary N) is 1. The van der Waals surface area contributed by atoms with Gasteiger partial charge in [0.15, 0.2) is 6.61 Å². The molecule has 2 amide bonds. The van der Waals surface area contributed by atoms with Gasteiger partial charge >= 0.3 is 6.36 Å². The van der Waals surface area contributed by atoms with E-state index in [0.717, 1.165) is 35.6 Å². The van der Waals surface area contributed by atoms with Gasteiger partial charge in [-0.1, -0.05) is 6.07 Å². The van der Waals surface area contributed by atoms with Crippen molar-refractivity contribution in [2.24, 2.45) is 5.73 Å². The highest BCUT2D eigenvalue weighted by Crippen LogP contribution is 2.25. The molecule has 7 nitrogen and oxygen atoms in total. The molecule has 0 radical (unpaired) electrons. The quantitative estimate of drug-likeness (QED) is 0.435. The predicted octanol–water partition coefficient (Wildman–Crippen LogP) is 3.70. The summed E-state index contributed by atoms with van der Waals surface area (Å²) in [7, 11) is 0. The lowest BCUT2D eigenvalue weighted by Crippen LogP contribution is -2.28. The number of amides is 2. The number of hydrogen-bond acceptors (Lipinski definition) is 6. The first-order chi connectivity index (χ1) is 16.0. The smallest absolute Gasteiger partial charge is 0.484 e. The molecule has 34 heavy (non-hydrogen) atoms. The maximum Gasteiger partial charge on any atom is 0.573 e. The van der Waals surface area contributed by atoms with E-state index < -0.39 is 42.2 Å². The topological polar surface area (TPSA) is 104 Å². The summed E-state index contributed by atoms with van der Waals surface area (Å²) in [4.78, 5) is 28.1. The second-order valence-corrected chi connectivity index (χ2v) is 7.91. The lowest BCUT2D eigenvalue weighted by molar-refractivity contribution is -0.274. The van der Waals surface area contributed by atoms with Gasteiger partial charge in [0.05, 0.1) is 6.54 Å². The van der Waals surface area contributed by atoms with E-state index in [1.807, 2.05) is 0 Å². The molecule has 3 aromatic rings. The fourth-order valence-electron chi connectivity index (χ4n) is 2.74. The molecule has 0 spiro atoms. The van der Waals surface area contributed by atoms with Gasteiger partial charge < -0.3 is 20.5 Å². The number of nitrogens with zero attached hydrogens (tertiary/aromatic N) is 1. The van der Waals surface area contributed by atoms with Crippen molar-refractivity contribution in [3.05, 3.63) is 75.2 Å². The van der Waals surface area contributed by atoms with Gasteiger partial charge in [0.25, 0.3) is 11.8 Å². The van der Waals surface area contributed by atoms with Crippen molar-refractivity contribution < 1.29 is 41.0 Å². The average Bonchev–Trinajstić information content (AvgIpc) is 3.16. The summed E-state index contributed by atoms with van der Waals surface area (Å²) in [6.45, 7) is -0.529. The van der Waals surface area contributed by atoms with E-state index >= 15 is 0 Å². The molecule has 0 fully saturated rings. The van der Waals surface area contributed by atoms with Gasteiger partial charge in [-0.15, -0.1) is 24.5 Å². The van der Waals surface area contributed by atoms with Crippen LogP contribution in [0.4, 0.5) is 22.0 Å². The summed E-state index contributed by atoms with van der Waals surface area (Å²) in [5.74, 6) is -3.23. The summed E-state index contributed by atoms with van der Waals surface area (Å²) in [5, 5.41) is 2.82.